The molecular weight excluding hydrogens is 272 g/mol. The molecule has 0 fully saturated rings. The highest BCUT2D eigenvalue weighted by Gasteiger charge is 2.13. The standard InChI is InChI=1S/C16H18O5/c1-11-8-9-12(10-14(11)19-2)13(16(18)21-4)6-5-7-15(17)20-3/h5-10H,1-4H3/b7-5-,13-6+. The van der Waals surface area contributed by atoms with Crippen LogP contribution in [0, 0.1) is 6.92 Å². The Hall–Kier alpha value is -2.56. The van der Waals surface area contributed by atoms with Crippen LogP contribution in [0.25, 0.3) is 5.57 Å². The predicted octanol–water partition coefficient (Wildman–Crippen LogP) is 2.29. The Morgan fingerprint density at radius 2 is 1.81 bits per heavy atom. The Morgan fingerprint density at radius 3 is 2.38 bits per heavy atom. The maximum Gasteiger partial charge on any atom is 0.338 e. The van der Waals surface area contributed by atoms with Gasteiger partial charge in [-0.05, 0) is 30.2 Å². The van der Waals surface area contributed by atoms with E-state index in [1.807, 2.05) is 13.0 Å². The first kappa shape index (κ1) is 16.5. The number of aryl methyl sites for hydroxylation is 1. The molecule has 1 aromatic carbocycles. The lowest BCUT2D eigenvalue weighted by Gasteiger charge is -2.09. The van der Waals surface area contributed by atoms with Gasteiger partial charge in [-0.1, -0.05) is 18.2 Å². The molecule has 5 nitrogen and oxygen atoms in total. The quantitative estimate of drug-likeness (QED) is 0.473. The van der Waals surface area contributed by atoms with E-state index in [0.717, 1.165) is 5.56 Å². The summed E-state index contributed by atoms with van der Waals surface area (Å²) in [4.78, 5) is 22.9. The molecule has 0 amide bonds. The van der Waals surface area contributed by atoms with Crippen molar-refractivity contribution in [2.24, 2.45) is 0 Å². The summed E-state index contributed by atoms with van der Waals surface area (Å²) in [5.74, 6) is -0.341. The highest BCUT2D eigenvalue weighted by molar-refractivity contribution is 6.17. The van der Waals surface area contributed by atoms with Gasteiger partial charge in [-0.15, -0.1) is 0 Å². The van der Waals surface area contributed by atoms with E-state index >= 15 is 0 Å². The summed E-state index contributed by atoms with van der Waals surface area (Å²) in [7, 11) is 4.14. The molecule has 0 saturated heterocycles. The fourth-order valence-electron chi connectivity index (χ4n) is 1.67. The molecule has 1 rings (SSSR count). The van der Waals surface area contributed by atoms with Gasteiger partial charge in [0.25, 0.3) is 0 Å². The van der Waals surface area contributed by atoms with Gasteiger partial charge in [0.15, 0.2) is 0 Å². The monoisotopic (exact) mass is 290 g/mol. The summed E-state index contributed by atoms with van der Waals surface area (Å²) in [5.41, 5.74) is 1.91. The minimum absolute atomic E-state index is 0.316. The van der Waals surface area contributed by atoms with Crippen molar-refractivity contribution in [3.05, 3.63) is 47.6 Å². The number of ether oxygens (including phenoxy) is 3. The summed E-state index contributed by atoms with van der Waals surface area (Å²) in [5, 5.41) is 0. The van der Waals surface area contributed by atoms with E-state index in [1.165, 1.54) is 32.4 Å². The van der Waals surface area contributed by atoms with Gasteiger partial charge in [0.05, 0.1) is 26.9 Å². The van der Waals surface area contributed by atoms with Crippen LogP contribution in [0.4, 0.5) is 0 Å². The smallest absolute Gasteiger partial charge is 0.338 e. The lowest BCUT2D eigenvalue weighted by molar-refractivity contribution is -0.135. The molecule has 112 valence electrons. The first-order valence-electron chi connectivity index (χ1n) is 6.23. The summed E-state index contributed by atoms with van der Waals surface area (Å²) < 4.78 is 14.5. The van der Waals surface area contributed by atoms with Crippen LogP contribution in [0.5, 0.6) is 5.75 Å². The molecule has 0 aliphatic carbocycles. The number of hydrogen-bond donors (Lipinski definition) is 0. The maximum atomic E-state index is 11.9. The molecule has 0 spiro atoms. The molecule has 0 N–H and O–H groups in total. The van der Waals surface area contributed by atoms with Crippen molar-refractivity contribution in [2.45, 2.75) is 6.92 Å². The zero-order chi connectivity index (χ0) is 15.8. The third-order valence-corrected chi connectivity index (χ3v) is 2.82. The predicted molar refractivity (Wildman–Crippen MR) is 78.9 cm³/mol. The van der Waals surface area contributed by atoms with Gasteiger partial charge in [0.1, 0.15) is 5.75 Å². The fourth-order valence-corrected chi connectivity index (χ4v) is 1.67. The summed E-state index contributed by atoms with van der Waals surface area (Å²) >= 11 is 0. The van der Waals surface area contributed by atoms with E-state index in [0.29, 0.717) is 16.9 Å². The van der Waals surface area contributed by atoms with Gasteiger partial charge in [-0.3, -0.25) is 0 Å². The number of carbonyl (C=O) groups excluding carboxylic acids is 2. The SMILES string of the molecule is COC(=O)/C=C\C=C(\C(=O)OC)c1ccc(C)c(OC)c1. The van der Waals surface area contributed by atoms with Crippen LogP contribution in [0.3, 0.4) is 0 Å². The normalized spacial score (nSPS) is 11.3. The van der Waals surface area contributed by atoms with Crippen molar-refractivity contribution < 1.29 is 23.8 Å². The summed E-state index contributed by atoms with van der Waals surface area (Å²) in [6.07, 6.45) is 4.14. The number of rotatable bonds is 5. The van der Waals surface area contributed by atoms with Gasteiger partial charge in [-0.2, -0.15) is 0 Å². The Labute approximate surface area is 123 Å². The Balaban J connectivity index is 3.20. The lowest BCUT2D eigenvalue weighted by Crippen LogP contribution is -2.04. The maximum absolute atomic E-state index is 11.9. The van der Waals surface area contributed by atoms with Crippen LogP contribution in [-0.4, -0.2) is 33.3 Å². The molecule has 0 unspecified atom stereocenters. The fraction of sp³-hybridized carbons (Fsp3) is 0.250. The zero-order valence-corrected chi connectivity index (χ0v) is 12.5. The number of esters is 2. The topological polar surface area (TPSA) is 61.8 Å². The second-order valence-electron chi connectivity index (χ2n) is 4.14. The molecule has 0 aliphatic rings. The van der Waals surface area contributed by atoms with Crippen molar-refractivity contribution in [3.63, 3.8) is 0 Å². The van der Waals surface area contributed by atoms with Crippen molar-refractivity contribution in [3.8, 4) is 5.75 Å². The zero-order valence-electron chi connectivity index (χ0n) is 12.5. The Kier molecular flexibility index (Phi) is 6.20. The van der Waals surface area contributed by atoms with Crippen LogP contribution < -0.4 is 4.74 Å². The highest BCUT2D eigenvalue weighted by atomic mass is 16.5. The first-order chi connectivity index (χ1) is 10.0. The lowest BCUT2D eigenvalue weighted by atomic mass is 10.0. The largest absolute Gasteiger partial charge is 0.496 e. The molecule has 21 heavy (non-hydrogen) atoms. The van der Waals surface area contributed by atoms with Gasteiger partial charge in [0.2, 0.25) is 0 Å². The third-order valence-electron chi connectivity index (χ3n) is 2.82. The van der Waals surface area contributed by atoms with Gasteiger partial charge >= 0.3 is 11.9 Å². The van der Waals surface area contributed by atoms with Gasteiger partial charge in [-0.25, -0.2) is 9.59 Å². The molecular formula is C16H18O5. The van der Waals surface area contributed by atoms with E-state index < -0.39 is 11.9 Å². The number of hydrogen-bond acceptors (Lipinski definition) is 5. The molecule has 5 heteroatoms. The number of methoxy groups -OCH3 is 3. The molecule has 0 atom stereocenters. The van der Waals surface area contributed by atoms with Crippen molar-refractivity contribution in [1.29, 1.82) is 0 Å². The number of carbonyl (C=O) groups is 2. The molecule has 0 saturated carbocycles. The molecule has 0 heterocycles. The number of benzene rings is 1. The second-order valence-corrected chi connectivity index (χ2v) is 4.14. The minimum Gasteiger partial charge on any atom is -0.496 e. The summed E-state index contributed by atoms with van der Waals surface area (Å²) in [6, 6.07) is 5.37. The highest BCUT2D eigenvalue weighted by Crippen LogP contribution is 2.24. The molecule has 0 aromatic heterocycles. The average Bonchev–Trinajstić information content (AvgIpc) is 2.51. The van der Waals surface area contributed by atoms with Crippen LogP contribution in [-0.2, 0) is 19.1 Å². The average molecular weight is 290 g/mol. The van der Waals surface area contributed by atoms with Crippen LogP contribution >= 0.6 is 0 Å². The number of allylic oxidation sites excluding steroid dienone is 2. The molecule has 1 aromatic rings. The summed E-state index contributed by atoms with van der Waals surface area (Å²) in [6.45, 7) is 1.90. The second kappa shape index (κ2) is 7.89. The van der Waals surface area contributed by atoms with Crippen molar-refractivity contribution >= 4 is 17.5 Å². The Morgan fingerprint density at radius 1 is 1.10 bits per heavy atom. The first-order valence-corrected chi connectivity index (χ1v) is 6.23. The van der Waals surface area contributed by atoms with E-state index in [9.17, 15) is 9.59 Å². The van der Waals surface area contributed by atoms with E-state index in [2.05, 4.69) is 4.74 Å². The van der Waals surface area contributed by atoms with Crippen LogP contribution in [0.2, 0.25) is 0 Å². The van der Waals surface area contributed by atoms with E-state index in [1.54, 1.807) is 19.2 Å². The van der Waals surface area contributed by atoms with Crippen molar-refractivity contribution in [2.75, 3.05) is 21.3 Å². The molecule has 0 bridgehead atoms. The van der Waals surface area contributed by atoms with Crippen molar-refractivity contribution in [1.82, 2.24) is 0 Å². The third kappa shape index (κ3) is 4.49. The van der Waals surface area contributed by atoms with E-state index in [4.69, 9.17) is 9.47 Å². The van der Waals surface area contributed by atoms with Crippen LogP contribution in [0.1, 0.15) is 11.1 Å². The molecule has 0 aliphatic heterocycles. The van der Waals surface area contributed by atoms with E-state index in [-0.39, 0.29) is 0 Å². The molecule has 0 radical (unpaired) electrons. The Bertz CT molecular complexity index is 584. The van der Waals surface area contributed by atoms with Gasteiger partial charge < -0.3 is 14.2 Å². The minimum atomic E-state index is -0.504. The van der Waals surface area contributed by atoms with Gasteiger partial charge in [0, 0.05) is 6.08 Å². The van der Waals surface area contributed by atoms with Crippen LogP contribution in [0.15, 0.2) is 36.4 Å².